The molecule has 2 nitrogen and oxygen atoms in total. The molecule has 1 N–H and O–H groups in total. The van der Waals surface area contributed by atoms with Crippen molar-refractivity contribution in [3.05, 3.63) is 58.6 Å². The number of hydrogen-bond acceptors (Lipinski definition) is 2. The number of hydrogen-bond donors (Lipinski definition) is 1. The summed E-state index contributed by atoms with van der Waals surface area (Å²) in [6.07, 6.45) is 0. The summed E-state index contributed by atoms with van der Waals surface area (Å²) in [6, 6.07) is 13.8. The van der Waals surface area contributed by atoms with Gasteiger partial charge in [0.15, 0.2) is 0 Å². The van der Waals surface area contributed by atoms with E-state index >= 15 is 0 Å². The van der Waals surface area contributed by atoms with Gasteiger partial charge in [-0.25, -0.2) is 0 Å². The molecule has 0 spiro atoms. The molecule has 0 amide bonds. The summed E-state index contributed by atoms with van der Waals surface area (Å²) in [4.78, 5) is 2.17. The normalized spacial score (nSPS) is 10.5. The molecule has 19 heavy (non-hydrogen) atoms. The third-order valence-electron chi connectivity index (χ3n) is 3.23. The fourth-order valence-corrected chi connectivity index (χ4v) is 2.43. The number of nitrogens with zero attached hydrogens (tertiary/aromatic N) is 1. The standard InChI is InChI=1S/C16H18ClNO/c1-3-18(15-7-5-4-6-12(15)2)16-10-14(17)9-8-13(16)11-19/h4-10,19H,3,11H2,1-2H3. The molecule has 0 bridgehead atoms. The van der Waals surface area contributed by atoms with Crippen LogP contribution in [-0.2, 0) is 6.61 Å². The van der Waals surface area contributed by atoms with Gasteiger partial charge < -0.3 is 10.0 Å². The maximum Gasteiger partial charge on any atom is 0.0702 e. The van der Waals surface area contributed by atoms with E-state index in [2.05, 4.69) is 30.9 Å². The first kappa shape index (κ1) is 13.9. The topological polar surface area (TPSA) is 23.5 Å². The predicted molar refractivity (Wildman–Crippen MR) is 81.2 cm³/mol. The van der Waals surface area contributed by atoms with Crippen molar-refractivity contribution >= 4 is 23.0 Å². The highest BCUT2D eigenvalue weighted by molar-refractivity contribution is 6.30. The van der Waals surface area contributed by atoms with Crippen LogP contribution in [-0.4, -0.2) is 11.7 Å². The summed E-state index contributed by atoms with van der Waals surface area (Å²) in [7, 11) is 0. The van der Waals surface area contributed by atoms with Gasteiger partial charge in [-0.05, 0) is 37.6 Å². The molecule has 0 saturated carbocycles. The molecule has 0 aromatic heterocycles. The van der Waals surface area contributed by atoms with E-state index < -0.39 is 0 Å². The lowest BCUT2D eigenvalue weighted by Crippen LogP contribution is -2.18. The maximum absolute atomic E-state index is 9.50. The zero-order valence-electron chi connectivity index (χ0n) is 11.2. The van der Waals surface area contributed by atoms with Gasteiger partial charge in [0.2, 0.25) is 0 Å². The Morgan fingerprint density at radius 1 is 1.11 bits per heavy atom. The molecule has 3 heteroatoms. The highest BCUT2D eigenvalue weighted by atomic mass is 35.5. The fourth-order valence-electron chi connectivity index (χ4n) is 2.26. The number of rotatable bonds is 4. The second-order valence-electron chi connectivity index (χ2n) is 4.46. The highest BCUT2D eigenvalue weighted by Gasteiger charge is 2.13. The van der Waals surface area contributed by atoms with Gasteiger partial charge in [-0.3, -0.25) is 0 Å². The molecule has 2 aromatic rings. The van der Waals surface area contributed by atoms with E-state index in [4.69, 9.17) is 11.6 Å². The average Bonchev–Trinajstić information content (AvgIpc) is 2.42. The Hall–Kier alpha value is -1.51. The molecule has 2 rings (SSSR count). The van der Waals surface area contributed by atoms with Crippen molar-refractivity contribution in [1.29, 1.82) is 0 Å². The Kier molecular flexibility index (Phi) is 4.46. The molecule has 2 aromatic carbocycles. The van der Waals surface area contributed by atoms with Crippen LogP contribution in [0.2, 0.25) is 5.02 Å². The summed E-state index contributed by atoms with van der Waals surface area (Å²) in [5.74, 6) is 0. The van der Waals surface area contributed by atoms with Gasteiger partial charge in [0.25, 0.3) is 0 Å². The largest absolute Gasteiger partial charge is 0.392 e. The molecule has 0 atom stereocenters. The Morgan fingerprint density at radius 3 is 2.47 bits per heavy atom. The van der Waals surface area contributed by atoms with Crippen molar-refractivity contribution in [2.75, 3.05) is 11.4 Å². The molecule has 0 radical (unpaired) electrons. The monoisotopic (exact) mass is 275 g/mol. The highest BCUT2D eigenvalue weighted by Crippen LogP contribution is 2.32. The molecule has 0 saturated heterocycles. The van der Waals surface area contributed by atoms with E-state index in [-0.39, 0.29) is 6.61 Å². The molecule has 0 aliphatic rings. The minimum absolute atomic E-state index is 0.00881. The zero-order valence-corrected chi connectivity index (χ0v) is 12.0. The molecule has 0 aliphatic carbocycles. The number of para-hydroxylation sites is 1. The van der Waals surface area contributed by atoms with Crippen LogP contribution in [0.3, 0.4) is 0 Å². The van der Waals surface area contributed by atoms with Gasteiger partial charge in [-0.2, -0.15) is 0 Å². The van der Waals surface area contributed by atoms with Gasteiger partial charge in [-0.15, -0.1) is 0 Å². The van der Waals surface area contributed by atoms with Crippen LogP contribution >= 0.6 is 11.6 Å². The van der Waals surface area contributed by atoms with Gasteiger partial charge in [0, 0.05) is 28.5 Å². The van der Waals surface area contributed by atoms with E-state index in [0.717, 1.165) is 23.5 Å². The Labute approximate surface area is 119 Å². The smallest absolute Gasteiger partial charge is 0.0702 e. The molecule has 0 unspecified atom stereocenters. The van der Waals surface area contributed by atoms with Crippen LogP contribution in [0.25, 0.3) is 0 Å². The molecule has 0 aliphatic heterocycles. The van der Waals surface area contributed by atoms with Crippen LogP contribution in [0.1, 0.15) is 18.1 Å². The second-order valence-corrected chi connectivity index (χ2v) is 4.90. The lowest BCUT2D eigenvalue weighted by atomic mass is 10.1. The van der Waals surface area contributed by atoms with Gasteiger partial charge in [0.1, 0.15) is 0 Å². The number of aliphatic hydroxyl groups is 1. The van der Waals surface area contributed by atoms with Crippen molar-refractivity contribution in [2.45, 2.75) is 20.5 Å². The predicted octanol–water partition coefficient (Wildman–Crippen LogP) is 4.30. The van der Waals surface area contributed by atoms with Crippen molar-refractivity contribution in [3.8, 4) is 0 Å². The van der Waals surface area contributed by atoms with Crippen LogP contribution in [0.5, 0.6) is 0 Å². The first-order valence-corrected chi connectivity index (χ1v) is 6.77. The number of aryl methyl sites for hydroxylation is 1. The van der Waals surface area contributed by atoms with E-state index in [9.17, 15) is 5.11 Å². The minimum atomic E-state index is 0.00881. The van der Waals surface area contributed by atoms with Crippen molar-refractivity contribution in [2.24, 2.45) is 0 Å². The molecule has 100 valence electrons. The Morgan fingerprint density at radius 2 is 1.84 bits per heavy atom. The Balaban J connectivity index is 2.54. The molecule has 0 fully saturated rings. The van der Waals surface area contributed by atoms with Crippen LogP contribution in [0, 0.1) is 6.92 Å². The number of benzene rings is 2. The maximum atomic E-state index is 9.50. The van der Waals surface area contributed by atoms with E-state index in [1.165, 1.54) is 5.56 Å². The second kappa shape index (κ2) is 6.09. The first-order chi connectivity index (χ1) is 9.17. The summed E-state index contributed by atoms with van der Waals surface area (Å²) in [5.41, 5.74) is 4.19. The van der Waals surface area contributed by atoms with Crippen LogP contribution in [0.4, 0.5) is 11.4 Å². The summed E-state index contributed by atoms with van der Waals surface area (Å²) < 4.78 is 0. The van der Waals surface area contributed by atoms with Crippen molar-refractivity contribution in [3.63, 3.8) is 0 Å². The van der Waals surface area contributed by atoms with Crippen molar-refractivity contribution < 1.29 is 5.11 Å². The summed E-state index contributed by atoms with van der Waals surface area (Å²) in [6.45, 7) is 5.00. The molecular weight excluding hydrogens is 258 g/mol. The zero-order chi connectivity index (χ0) is 13.8. The summed E-state index contributed by atoms with van der Waals surface area (Å²) >= 11 is 6.09. The lowest BCUT2D eigenvalue weighted by molar-refractivity contribution is 0.282. The number of anilines is 2. The average molecular weight is 276 g/mol. The lowest BCUT2D eigenvalue weighted by Gasteiger charge is -2.27. The van der Waals surface area contributed by atoms with E-state index in [1.807, 2.05) is 30.3 Å². The SMILES string of the molecule is CCN(c1ccccc1C)c1cc(Cl)ccc1CO. The number of aliphatic hydroxyl groups excluding tert-OH is 1. The van der Waals surface area contributed by atoms with E-state index in [1.54, 1.807) is 0 Å². The Bertz CT molecular complexity index is 568. The molecular formula is C16H18ClNO. The van der Waals surface area contributed by atoms with Gasteiger partial charge in [0.05, 0.1) is 6.61 Å². The van der Waals surface area contributed by atoms with Crippen LogP contribution in [0.15, 0.2) is 42.5 Å². The van der Waals surface area contributed by atoms with Gasteiger partial charge >= 0.3 is 0 Å². The molecule has 0 heterocycles. The van der Waals surface area contributed by atoms with Crippen molar-refractivity contribution in [1.82, 2.24) is 0 Å². The third kappa shape index (κ3) is 2.91. The van der Waals surface area contributed by atoms with E-state index in [0.29, 0.717) is 5.02 Å². The van der Waals surface area contributed by atoms with Gasteiger partial charge in [-0.1, -0.05) is 35.9 Å². The number of halogens is 1. The van der Waals surface area contributed by atoms with Crippen LogP contribution < -0.4 is 4.90 Å². The third-order valence-corrected chi connectivity index (χ3v) is 3.47. The fraction of sp³-hybridized carbons (Fsp3) is 0.250. The minimum Gasteiger partial charge on any atom is -0.392 e. The quantitative estimate of drug-likeness (QED) is 0.899. The first-order valence-electron chi connectivity index (χ1n) is 6.39. The summed E-state index contributed by atoms with van der Waals surface area (Å²) in [5, 5.41) is 10.2.